The molecule has 1 heterocycles. The van der Waals surface area contributed by atoms with Crippen LogP contribution in [0.4, 0.5) is 4.39 Å². The highest BCUT2D eigenvalue weighted by Gasteiger charge is 2.44. The zero-order valence-corrected chi connectivity index (χ0v) is 23.0. The van der Waals surface area contributed by atoms with E-state index in [1.165, 1.54) is 56.3 Å². The molecule has 1 N–H and O–H groups in total. The lowest BCUT2D eigenvalue weighted by Crippen LogP contribution is -2.53. The minimum Gasteiger partial charge on any atom is -0.480 e. The molecule has 38 heavy (non-hydrogen) atoms. The van der Waals surface area contributed by atoms with Gasteiger partial charge >= 0.3 is 5.97 Å². The van der Waals surface area contributed by atoms with Crippen LogP contribution < -0.4 is 0 Å². The molecule has 3 fully saturated rings. The first-order valence-corrected chi connectivity index (χ1v) is 15.0. The molecule has 4 atom stereocenters. The van der Waals surface area contributed by atoms with Gasteiger partial charge in [0.05, 0.1) is 0 Å². The highest BCUT2D eigenvalue weighted by molar-refractivity contribution is 5.73. The van der Waals surface area contributed by atoms with Gasteiger partial charge in [-0.05, 0) is 112 Å². The number of nitrogens with zero attached hydrogens (tertiary/aromatic N) is 2. The first-order chi connectivity index (χ1) is 18.5. The average molecular weight is 521 g/mol. The molecule has 2 aromatic carbocycles. The van der Waals surface area contributed by atoms with Crippen molar-refractivity contribution in [2.45, 2.75) is 95.2 Å². The Kier molecular flexibility index (Phi) is 9.16. The first kappa shape index (κ1) is 27.3. The largest absolute Gasteiger partial charge is 0.480 e. The SMILES string of the molecule is C[C@@H](C(=O)O)N(C1CCC1)C1C[C@H](CN2CCC(CCCc3ccc(F)cc3)CC2)[C@@H](c2ccccc2)C1. The van der Waals surface area contributed by atoms with Crippen LogP contribution in [0, 0.1) is 17.7 Å². The molecule has 1 aliphatic heterocycles. The Morgan fingerprint density at radius 1 is 1.00 bits per heavy atom. The lowest BCUT2D eigenvalue weighted by atomic mass is 9.87. The Morgan fingerprint density at radius 2 is 1.71 bits per heavy atom. The number of piperidine rings is 1. The highest BCUT2D eigenvalue weighted by atomic mass is 19.1. The Labute approximate surface area is 228 Å². The van der Waals surface area contributed by atoms with Crippen molar-refractivity contribution in [2.24, 2.45) is 11.8 Å². The van der Waals surface area contributed by atoms with Crippen molar-refractivity contribution in [1.29, 1.82) is 0 Å². The van der Waals surface area contributed by atoms with Crippen LogP contribution in [0.5, 0.6) is 0 Å². The van der Waals surface area contributed by atoms with Gasteiger partial charge in [0.1, 0.15) is 11.9 Å². The second-order valence-corrected chi connectivity index (χ2v) is 12.2. The van der Waals surface area contributed by atoms with E-state index in [2.05, 4.69) is 40.1 Å². The first-order valence-electron chi connectivity index (χ1n) is 15.0. The second kappa shape index (κ2) is 12.7. The molecule has 2 aliphatic carbocycles. The number of likely N-dealkylation sites (tertiary alicyclic amines) is 1. The van der Waals surface area contributed by atoms with Gasteiger partial charge in [-0.25, -0.2) is 4.39 Å². The zero-order valence-electron chi connectivity index (χ0n) is 23.0. The molecular weight excluding hydrogens is 475 g/mol. The van der Waals surface area contributed by atoms with Gasteiger partial charge in [-0.3, -0.25) is 9.69 Å². The molecule has 4 nitrogen and oxygen atoms in total. The van der Waals surface area contributed by atoms with Gasteiger partial charge in [0.25, 0.3) is 0 Å². The Balaban J connectivity index is 1.17. The fraction of sp³-hybridized carbons (Fsp3) is 0.606. The molecular formula is C33H45FN2O2. The smallest absolute Gasteiger partial charge is 0.320 e. The molecule has 0 aromatic heterocycles. The summed E-state index contributed by atoms with van der Waals surface area (Å²) in [6.45, 7) is 5.36. The lowest BCUT2D eigenvalue weighted by Gasteiger charge is -2.44. The predicted molar refractivity (Wildman–Crippen MR) is 151 cm³/mol. The Morgan fingerprint density at radius 3 is 2.34 bits per heavy atom. The van der Waals surface area contributed by atoms with E-state index in [4.69, 9.17) is 0 Å². The van der Waals surface area contributed by atoms with Crippen molar-refractivity contribution in [2.75, 3.05) is 19.6 Å². The minimum atomic E-state index is -0.682. The van der Waals surface area contributed by atoms with Gasteiger partial charge in [0, 0.05) is 18.6 Å². The number of carboxylic acids is 1. The van der Waals surface area contributed by atoms with Crippen LogP contribution in [0.2, 0.25) is 0 Å². The van der Waals surface area contributed by atoms with Gasteiger partial charge in [-0.2, -0.15) is 0 Å². The maximum Gasteiger partial charge on any atom is 0.320 e. The molecule has 206 valence electrons. The minimum absolute atomic E-state index is 0.156. The van der Waals surface area contributed by atoms with Crippen molar-refractivity contribution in [3.8, 4) is 0 Å². The van der Waals surface area contributed by atoms with E-state index < -0.39 is 12.0 Å². The van der Waals surface area contributed by atoms with Gasteiger partial charge in [-0.15, -0.1) is 0 Å². The summed E-state index contributed by atoms with van der Waals surface area (Å²) >= 11 is 0. The number of aryl methyl sites for hydroxylation is 1. The van der Waals surface area contributed by atoms with Crippen molar-refractivity contribution in [3.05, 3.63) is 71.5 Å². The van der Waals surface area contributed by atoms with Gasteiger partial charge in [0.2, 0.25) is 0 Å². The molecule has 1 saturated heterocycles. The summed E-state index contributed by atoms with van der Waals surface area (Å²) in [5.41, 5.74) is 2.66. The third-order valence-corrected chi connectivity index (χ3v) is 9.81. The fourth-order valence-electron chi connectivity index (χ4n) is 7.43. The van der Waals surface area contributed by atoms with Crippen molar-refractivity contribution in [1.82, 2.24) is 9.80 Å². The van der Waals surface area contributed by atoms with Gasteiger partial charge in [0.15, 0.2) is 0 Å². The monoisotopic (exact) mass is 520 g/mol. The van der Waals surface area contributed by atoms with E-state index >= 15 is 0 Å². The number of carboxylic acid groups (broad SMARTS) is 1. The number of carbonyl (C=O) groups is 1. The molecule has 2 saturated carbocycles. The molecule has 0 radical (unpaired) electrons. The molecule has 0 spiro atoms. The third kappa shape index (κ3) is 6.66. The van der Waals surface area contributed by atoms with Crippen LogP contribution in [-0.2, 0) is 11.2 Å². The number of benzene rings is 2. The topological polar surface area (TPSA) is 43.8 Å². The summed E-state index contributed by atoms with van der Waals surface area (Å²) in [6, 6.07) is 18.3. The summed E-state index contributed by atoms with van der Waals surface area (Å²) in [6.07, 6.45) is 11.7. The quantitative estimate of drug-likeness (QED) is 0.356. The number of halogens is 1. The standard InChI is InChI=1S/C33H45FN2O2/c1-24(33(37)38)36(30-11-6-12-30)31-21-28(32(22-31)27-9-3-2-4-10-27)23-35-19-17-26(18-20-35)8-5-7-25-13-15-29(34)16-14-25/h2-4,9-10,13-16,24,26,28,30-32H,5-8,11-12,17-23H2,1H3,(H,37,38)/t24-,28+,31?,32+/m0/s1. The maximum absolute atomic E-state index is 13.2. The number of hydrogen-bond donors (Lipinski definition) is 1. The summed E-state index contributed by atoms with van der Waals surface area (Å²) in [5, 5.41) is 9.89. The molecule has 5 rings (SSSR count). The molecule has 2 aromatic rings. The van der Waals surface area contributed by atoms with E-state index in [0.29, 0.717) is 23.9 Å². The van der Waals surface area contributed by atoms with E-state index in [1.807, 2.05) is 19.1 Å². The molecule has 3 aliphatic rings. The van der Waals surface area contributed by atoms with Crippen molar-refractivity contribution >= 4 is 5.97 Å². The molecule has 0 amide bonds. The van der Waals surface area contributed by atoms with Crippen LogP contribution in [0.1, 0.15) is 81.8 Å². The van der Waals surface area contributed by atoms with Crippen LogP contribution >= 0.6 is 0 Å². The average Bonchev–Trinajstić information content (AvgIpc) is 3.31. The van der Waals surface area contributed by atoms with Gasteiger partial charge in [-0.1, -0.05) is 55.3 Å². The summed E-state index contributed by atoms with van der Waals surface area (Å²) in [7, 11) is 0. The number of aliphatic carboxylic acids is 1. The fourth-order valence-corrected chi connectivity index (χ4v) is 7.43. The van der Waals surface area contributed by atoms with Crippen molar-refractivity contribution in [3.63, 3.8) is 0 Å². The number of hydrogen-bond acceptors (Lipinski definition) is 3. The van der Waals surface area contributed by atoms with E-state index in [0.717, 1.165) is 44.6 Å². The summed E-state index contributed by atoms with van der Waals surface area (Å²) in [5.74, 6) is 1.02. The van der Waals surface area contributed by atoms with E-state index in [1.54, 1.807) is 12.1 Å². The van der Waals surface area contributed by atoms with Gasteiger partial charge < -0.3 is 10.0 Å². The summed E-state index contributed by atoms with van der Waals surface area (Å²) < 4.78 is 13.2. The highest BCUT2D eigenvalue weighted by Crippen LogP contribution is 2.45. The van der Waals surface area contributed by atoms with Crippen LogP contribution in [0.3, 0.4) is 0 Å². The molecule has 1 unspecified atom stereocenters. The van der Waals surface area contributed by atoms with Crippen molar-refractivity contribution < 1.29 is 14.3 Å². The number of rotatable bonds is 11. The molecule has 5 heteroatoms. The maximum atomic E-state index is 13.2. The summed E-state index contributed by atoms with van der Waals surface area (Å²) in [4.78, 5) is 17.1. The Bertz CT molecular complexity index is 1020. The van der Waals surface area contributed by atoms with Crippen LogP contribution in [0.15, 0.2) is 54.6 Å². The third-order valence-electron chi connectivity index (χ3n) is 9.81. The van der Waals surface area contributed by atoms with Crippen LogP contribution in [0.25, 0.3) is 0 Å². The van der Waals surface area contributed by atoms with E-state index in [-0.39, 0.29) is 5.82 Å². The van der Waals surface area contributed by atoms with Crippen LogP contribution in [-0.4, -0.2) is 58.6 Å². The second-order valence-electron chi connectivity index (χ2n) is 12.2. The Hall–Kier alpha value is -2.24. The molecule has 0 bridgehead atoms. The van der Waals surface area contributed by atoms with E-state index in [9.17, 15) is 14.3 Å². The zero-order chi connectivity index (χ0) is 26.5. The lowest BCUT2D eigenvalue weighted by molar-refractivity contribution is -0.145. The predicted octanol–water partition coefficient (Wildman–Crippen LogP) is 6.75. The normalized spacial score (nSPS) is 25.9.